The molecule has 2 atom stereocenters. The van der Waals surface area contributed by atoms with Crippen molar-refractivity contribution in [2.45, 2.75) is 71.6 Å². The van der Waals surface area contributed by atoms with Gasteiger partial charge in [0.15, 0.2) is 0 Å². The van der Waals surface area contributed by atoms with Gasteiger partial charge in [0, 0.05) is 12.6 Å². The van der Waals surface area contributed by atoms with Crippen LogP contribution in [0.15, 0.2) is 0 Å². The van der Waals surface area contributed by atoms with Crippen molar-refractivity contribution in [1.29, 1.82) is 0 Å². The van der Waals surface area contributed by atoms with Gasteiger partial charge in [0.1, 0.15) is 5.60 Å². The third-order valence-corrected chi connectivity index (χ3v) is 3.54. The van der Waals surface area contributed by atoms with Crippen molar-refractivity contribution >= 4 is 6.09 Å². The highest BCUT2D eigenvalue weighted by molar-refractivity contribution is 5.68. The monoisotopic (exact) mass is 286 g/mol. The topological polar surface area (TPSA) is 70.6 Å². The van der Waals surface area contributed by atoms with Crippen LogP contribution in [0.25, 0.3) is 0 Å². The first-order chi connectivity index (χ1) is 8.91. The van der Waals surface area contributed by atoms with Gasteiger partial charge in [0.25, 0.3) is 0 Å². The molecule has 1 saturated heterocycles. The summed E-state index contributed by atoms with van der Waals surface area (Å²) >= 11 is 0. The van der Waals surface area contributed by atoms with Gasteiger partial charge in [-0.3, -0.25) is 0 Å². The van der Waals surface area contributed by atoms with Gasteiger partial charge in [-0.25, -0.2) is 4.79 Å². The molecule has 3 N–H and O–H groups in total. The van der Waals surface area contributed by atoms with Crippen LogP contribution >= 0.6 is 0 Å². The molecule has 0 aromatic carbocycles. The maximum absolute atomic E-state index is 12.0. The van der Waals surface area contributed by atoms with Gasteiger partial charge in [0.2, 0.25) is 0 Å². The normalized spacial score (nSPS) is 25.4. The summed E-state index contributed by atoms with van der Waals surface area (Å²) in [6, 6.07) is -0.137. The molecule has 0 spiro atoms. The molecule has 0 aromatic heterocycles. The molecule has 0 radical (unpaired) electrons. The lowest BCUT2D eigenvalue weighted by Gasteiger charge is -2.36. The molecule has 2 unspecified atom stereocenters. The first-order valence-corrected chi connectivity index (χ1v) is 7.34. The first kappa shape index (κ1) is 17.2. The van der Waals surface area contributed by atoms with Crippen LogP contribution in [-0.2, 0) is 4.74 Å². The Morgan fingerprint density at radius 3 is 2.35 bits per heavy atom. The fourth-order valence-electron chi connectivity index (χ4n) is 2.31. The second-order valence-corrected chi connectivity index (χ2v) is 7.92. The molecule has 1 amide bonds. The van der Waals surface area contributed by atoms with Crippen LogP contribution in [0.4, 0.5) is 4.79 Å². The molecule has 1 fully saturated rings. The number of aliphatic hydroxyl groups is 1. The van der Waals surface area contributed by atoms with Gasteiger partial charge < -0.3 is 20.5 Å². The second kappa shape index (κ2) is 5.90. The van der Waals surface area contributed by atoms with Crippen LogP contribution in [-0.4, -0.2) is 41.5 Å². The maximum atomic E-state index is 12.0. The Morgan fingerprint density at radius 2 is 1.95 bits per heavy atom. The van der Waals surface area contributed by atoms with E-state index in [9.17, 15) is 9.90 Å². The third-order valence-electron chi connectivity index (χ3n) is 3.54. The number of amides is 1. The Hall–Kier alpha value is -0.810. The lowest BCUT2D eigenvalue weighted by Crippen LogP contribution is -2.50. The average Bonchev–Trinajstić information content (AvgIpc) is 2.59. The van der Waals surface area contributed by atoms with Gasteiger partial charge in [0.05, 0.1) is 5.60 Å². The Labute approximate surface area is 122 Å². The van der Waals surface area contributed by atoms with Crippen molar-refractivity contribution in [2.24, 2.45) is 5.41 Å². The summed E-state index contributed by atoms with van der Waals surface area (Å²) in [5, 5.41) is 16.6. The largest absolute Gasteiger partial charge is 0.444 e. The number of hydrogen-bond donors (Lipinski definition) is 3. The fraction of sp³-hybridized carbons (Fsp3) is 0.933. The summed E-state index contributed by atoms with van der Waals surface area (Å²) in [4.78, 5) is 12.0. The maximum Gasteiger partial charge on any atom is 0.407 e. The summed E-state index contributed by atoms with van der Waals surface area (Å²) < 4.78 is 5.31. The zero-order valence-corrected chi connectivity index (χ0v) is 13.7. The molecule has 1 rings (SSSR count). The number of β-amino-alcohol motifs (C(OH)–C–C–N with tert-alkyl or cyclic N) is 1. The van der Waals surface area contributed by atoms with E-state index in [1.54, 1.807) is 0 Å². The van der Waals surface area contributed by atoms with E-state index in [-0.39, 0.29) is 11.5 Å². The molecule has 1 heterocycles. The number of carbonyl (C=O) groups is 1. The predicted molar refractivity (Wildman–Crippen MR) is 79.7 cm³/mol. The molecule has 0 aliphatic carbocycles. The molecule has 0 saturated carbocycles. The van der Waals surface area contributed by atoms with Crippen molar-refractivity contribution in [1.82, 2.24) is 10.6 Å². The molecule has 0 bridgehead atoms. The predicted octanol–water partition coefficient (Wildman–Crippen LogP) is 2.04. The van der Waals surface area contributed by atoms with Gasteiger partial charge in [-0.15, -0.1) is 0 Å². The summed E-state index contributed by atoms with van der Waals surface area (Å²) in [5.41, 5.74) is -1.40. The van der Waals surface area contributed by atoms with E-state index >= 15 is 0 Å². The van der Waals surface area contributed by atoms with Crippen molar-refractivity contribution in [2.75, 3.05) is 13.1 Å². The quantitative estimate of drug-likeness (QED) is 0.742. The zero-order chi connectivity index (χ0) is 15.6. The summed E-state index contributed by atoms with van der Waals surface area (Å²) in [7, 11) is 0. The second-order valence-electron chi connectivity index (χ2n) is 7.92. The molecule has 5 nitrogen and oxygen atoms in total. The van der Waals surface area contributed by atoms with Crippen LogP contribution in [0.5, 0.6) is 0 Å². The molecular formula is C15H30N2O3. The smallest absolute Gasteiger partial charge is 0.407 e. The fourth-order valence-corrected chi connectivity index (χ4v) is 2.31. The Bertz CT molecular complexity index is 336. The number of hydrogen-bond acceptors (Lipinski definition) is 4. The number of alkyl carbamates (subject to hydrolysis) is 1. The van der Waals surface area contributed by atoms with Gasteiger partial charge >= 0.3 is 6.09 Å². The Kier molecular flexibility index (Phi) is 5.08. The first-order valence-electron chi connectivity index (χ1n) is 7.34. The minimum atomic E-state index is -0.743. The molecule has 5 heteroatoms. The van der Waals surface area contributed by atoms with Gasteiger partial charge in [-0.2, -0.15) is 0 Å². The number of ether oxygens (including phenoxy) is 1. The standard InChI is InChI=1S/C15H30N2O3/c1-13(2,3)11(9-15(19)7-8-16-10-15)17-12(18)20-14(4,5)6/h11,16,19H,7-10H2,1-6H3,(H,17,18). The number of rotatable bonds is 3. The van der Waals surface area contributed by atoms with E-state index in [1.807, 2.05) is 20.8 Å². The minimum absolute atomic E-state index is 0.137. The number of nitrogens with one attached hydrogen (secondary N) is 2. The third kappa shape index (κ3) is 5.67. The highest BCUT2D eigenvalue weighted by Gasteiger charge is 2.38. The SMILES string of the molecule is CC(C)(C)OC(=O)NC(CC1(O)CCNC1)C(C)(C)C. The molecule has 20 heavy (non-hydrogen) atoms. The van der Waals surface area contributed by atoms with E-state index in [4.69, 9.17) is 4.74 Å². The summed E-state index contributed by atoms with van der Waals surface area (Å²) in [6.07, 6.45) is 0.824. The molecule has 0 aromatic rings. The van der Waals surface area contributed by atoms with Crippen molar-refractivity contribution in [3.63, 3.8) is 0 Å². The van der Waals surface area contributed by atoms with Crippen LogP contribution in [0, 0.1) is 5.41 Å². The van der Waals surface area contributed by atoms with E-state index in [0.717, 1.165) is 13.0 Å². The zero-order valence-electron chi connectivity index (χ0n) is 13.7. The van der Waals surface area contributed by atoms with Crippen molar-refractivity contribution < 1.29 is 14.6 Å². The van der Waals surface area contributed by atoms with Crippen LogP contribution in [0.1, 0.15) is 54.4 Å². The summed E-state index contributed by atoms with van der Waals surface area (Å²) in [6.45, 7) is 13.1. The summed E-state index contributed by atoms with van der Waals surface area (Å²) in [5.74, 6) is 0. The Balaban J connectivity index is 2.68. The van der Waals surface area contributed by atoms with Gasteiger partial charge in [-0.1, -0.05) is 20.8 Å². The molecule has 118 valence electrons. The van der Waals surface area contributed by atoms with E-state index in [0.29, 0.717) is 13.0 Å². The van der Waals surface area contributed by atoms with E-state index in [1.165, 1.54) is 0 Å². The average molecular weight is 286 g/mol. The van der Waals surface area contributed by atoms with Crippen molar-refractivity contribution in [3.05, 3.63) is 0 Å². The van der Waals surface area contributed by atoms with E-state index < -0.39 is 17.3 Å². The minimum Gasteiger partial charge on any atom is -0.444 e. The lowest BCUT2D eigenvalue weighted by atomic mass is 9.79. The van der Waals surface area contributed by atoms with Crippen LogP contribution in [0.2, 0.25) is 0 Å². The Morgan fingerprint density at radius 1 is 1.35 bits per heavy atom. The van der Waals surface area contributed by atoms with Gasteiger partial charge in [-0.05, 0) is 45.6 Å². The molecule has 1 aliphatic heterocycles. The highest BCUT2D eigenvalue weighted by Crippen LogP contribution is 2.30. The van der Waals surface area contributed by atoms with Crippen LogP contribution < -0.4 is 10.6 Å². The molecule has 1 aliphatic rings. The van der Waals surface area contributed by atoms with Crippen LogP contribution in [0.3, 0.4) is 0 Å². The van der Waals surface area contributed by atoms with E-state index in [2.05, 4.69) is 31.4 Å². The highest BCUT2D eigenvalue weighted by atomic mass is 16.6. The molecular weight excluding hydrogens is 256 g/mol. The van der Waals surface area contributed by atoms with Crippen molar-refractivity contribution in [3.8, 4) is 0 Å². The lowest BCUT2D eigenvalue weighted by molar-refractivity contribution is 0.0159. The number of carbonyl (C=O) groups excluding carboxylic acids is 1.